The molecule has 0 aliphatic rings. The molecule has 1 aromatic carbocycles. The Morgan fingerprint density at radius 2 is 0.847 bits per heavy atom. The summed E-state index contributed by atoms with van der Waals surface area (Å²) in [5, 5.41) is 16.4. The van der Waals surface area contributed by atoms with Gasteiger partial charge in [-0.2, -0.15) is 0 Å². The number of nitrogens with one attached hydrogen (secondary N) is 5. The van der Waals surface area contributed by atoms with E-state index in [0.717, 1.165) is 69.4 Å². The number of alkyl carbamates (subject to hydrolysis) is 1. The first-order chi connectivity index (χ1) is 33.9. The molecule has 0 spiro atoms. The molecule has 0 aromatic heterocycles. The molecule has 0 fully saturated rings. The third-order valence-corrected chi connectivity index (χ3v) is 12.3. The molecule has 1 amide bonds. The lowest BCUT2D eigenvalue weighted by Crippen LogP contribution is -2.32. The average Bonchev–Trinajstić information content (AvgIpc) is 3.27. The summed E-state index contributed by atoms with van der Waals surface area (Å²) >= 11 is 0. The second kappa shape index (κ2) is 51.0. The number of hydrogen-bond acceptors (Lipinski definition) is 7. The Kier molecular flexibility index (Phi) is 52.4. The number of amides is 1. The number of carbonyl (C=O) groups is 2. The SMILES string of the molecule is CC(C)CC(C)(C)COC(=O)NCCCNC(C)C.CC(C)CCCC(=O)CCCCCCCNC(C)C.CC(C)CCCCCCCCCCCNC(C)C.CC(C)CCCc1ccc(NC(C)C)cc1. The summed E-state index contributed by atoms with van der Waals surface area (Å²) in [5.41, 5.74) is 2.72. The minimum Gasteiger partial charge on any atom is -0.449 e. The lowest BCUT2D eigenvalue weighted by atomic mass is 9.85. The minimum absolute atomic E-state index is 0.0463. The second-order valence-corrected chi connectivity index (χ2v) is 24.9. The largest absolute Gasteiger partial charge is 0.449 e. The van der Waals surface area contributed by atoms with E-state index in [4.69, 9.17) is 4.74 Å². The normalized spacial score (nSPS) is 11.6. The van der Waals surface area contributed by atoms with Crippen molar-refractivity contribution in [2.75, 3.05) is 38.1 Å². The van der Waals surface area contributed by atoms with Gasteiger partial charge < -0.3 is 31.3 Å². The molecule has 0 aliphatic carbocycles. The van der Waals surface area contributed by atoms with Crippen LogP contribution in [-0.4, -0.2) is 68.8 Å². The number of rotatable bonds is 41. The Morgan fingerprint density at radius 3 is 1.29 bits per heavy atom. The first kappa shape index (κ1) is 74.1. The number of ketones is 1. The van der Waals surface area contributed by atoms with Gasteiger partial charge in [-0.15, -0.1) is 0 Å². The van der Waals surface area contributed by atoms with Crippen molar-refractivity contribution >= 4 is 17.6 Å². The van der Waals surface area contributed by atoms with Gasteiger partial charge in [-0.05, 0) is 132 Å². The Morgan fingerprint density at radius 1 is 0.444 bits per heavy atom. The zero-order valence-electron chi connectivity index (χ0n) is 51.7. The highest BCUT2D eigenvalue weighted by molar-refractivity contribution is 5.78. The van der Waals surface area contributed by atoms with E-state index in [2.05, 4.69) is 175 Å². The van der Waals surface area contributed by atoms with Crippen LogP contribution < -0.4 is 26.6 Å². The smallest absolute Gasteiger partial charge is 0.407 e. The zero-order valence-corrected chi connectivity index (χ0v) is 51.7. The van der Waals surface area contributed by atoms with E-state index in [1.807, 2.05) is 0 Å². The maximum atomic E-state index is 11.6. The molecule has 0 saturated carbocycles. The molecule has 0 unspecified atom stereocenters. The molecule has 428 valence electrons. The van der Waals surface area contributed by atoms with Crippen LogP contribution in [0.15, 0.2) is 24.3 Å². The molecule has 72 heavy (non-hydrogen) atoms. The first-order valence-corrected chi connectivity index (χ1v) is 30.4. The van der Waals surface area contributed by atoms with E-state index < -0.39 is 0 Å². The Hall–Kier alpha value is -2.16. The van der Waals surface area contributed by atoms with Gasteiger partial charge in [0.15, 0.2) is 0 Å². The monoisotopic (exact) mass is 1020 g/mol. The molecule has 0 bridgehead atoms. The summed E-state index contributed by atoms with van der Waals surface area (Å²) in [4.78, 5) is 23.1. The lowest BCUT2D eigenvalue weighted by molar-refractivity contribution is -0.119. The predicted molar refractivity (Wildman–Crippen MR) is 322 cm³/mol. The number of aryl methyl sites for hydroxylation is 1. The van der Waals surface area contributed by atoms with Crippen molar-refractivity contribution in [3.8, 4) is 0 Å². The van der Waals surface area contributed by atoms with Gasteiger partial charge in [-0.3, -0.25) is 4.79 Å². The van der Waals surface area contributed by atoms with Crippen LogP contribution in [0, 0.1) is 29.1 Å². The van der Waals surface area contributed by atoms with Crippen LogP contribution in [0.1, 0.15) is 278 Å². The van der Waals surface area contributed by atoms with Crippen molar-refractivity contribution in [3.05, 3.63) is 29.8 Å². The van der Waals surface area contributed by atoms with E-state index in [0.29, 0.717) is 49.0 Å². The summed E-state index contributed by atoms with van der Waals surface area (Å²) < 4.78 is 5.26. The summed E-state index contributed by atoms with van der Waals surface area (Å²) in [6.07, 6.45) is 29.9. The number of hydrogen-bond donors (Lipinski definition) is 5. The molecule has 0 aliphatic heterocycles. The molecule has 1 aromatic rings. The van der Waals surface area contributed by atoms with Gasteiger partial charge >= 0.3 is 6.09 Å². The molecule has 0 atom stereocenters. The molecular weight excluding hydrogens is 887 g/mol. The van der Waals surface area contributed by atoms with Gasteiger partial charge in [0.05, 0.1) is 6.61 Å². The zero-order chi connectivity index (χ0) is 55.0. The summed E-state index contributed by atoms with van der Waals surface area (Å²) in [5.74, 6) is 3.53. The van der Waals surface area contributed by atoms with Crippen molar-refractivity contribution in [1.82, 2.24) is 21.3 Å². The number of benzene rings is 1. The molecule has 1 rings (SSSR count). The van der Waals surface area contributed by atoms with Crippen molar-refractivity contribution in [2.24, 2.45) is 29.1 Å². The van der Waals surface area contributed by atoms with Crippen LogP contribution in [0.5, 0.6) is 0 Å². The van der Waals surface area contributed by atoms with Crippen LogP contribution in [0.2, 0.25) is 0 Å². The van der Waals surface area contributed by atoms with E-state index in [-0.39, 0.29) is 11.5 Å². The quantitative estimate of drug-likeness (QED) is 0.0416. The van der Waals surface area contributed by atoms with Crippen molar-refractivity contribution in [1.29, 1.82) is 0 Å². The molecule has 5 N–H and O–H groups in total. The van der Waals surface area contributed by atoms with E-state index in [9.17, 15) is 9.59 Å². The topological polar surface area (TPSA) is 104 Å². The lowest BCUT2D eigenvalue weighted by Gasteiger charge is -2.26. The van der Waals surface area contributed by atoms with Gasteiger partial charge in [-0.25, -0.2) is 4.79 Å². The van der Waals surface area contributed by atoms with Gasteiger partial charge in [0.25, 0.3) is 0 Å². The number of unbranched alkanes of at least 4 members (excludes halogenated alkanes) is 12. The number of anilines is 1. The maximum Gasteiger partial charge on any atom is 0.407 e. The third-order valence-electron chi connectivity index (χ3n) is 12.3. The van der Waals surface area contributed by atoms with Gasteiger partial charge in [0.2, 0.25) is 0 Å². The summed E-state index contributed by atoms with van der Waals surface area (Å²) in [6.45, 7) is 44.0. The third kappa shape index (κ3) is 64.0. The van der Waals surface area contributed by atoms with Crippen molar-refractivity contribution in [3.63, 3.8) is 0 Å². The highest BCUT2D eigenvalue weighted by Crippen LogP contribution is 2.25. The Bertz CT molecular complexity index is 1270. The fourth-order valence-corrected chi connectivity index (χ4v) is 8.47. The highest BCUT2D eigenvalue weighted by Gasteiger charge is 2.21. The van der Waals surface area contributed by atoms with Crippen molar-refractivity contribution < 1.29 is 14.3 Å². The number of Topliss-reactive ketones (excluding diaryl/α,β-unsaturated/α-hetero) is 1. The fourth-order valence-electron chi connectivity index (χ4n) is 8.47. The van der Waals surface area contributed by atoms with Crippen LogP contribution in [-0.2, 0) is 16.0 Å². The standard InChI is InChI=1S/C17H35NO.C17H37N.C15H32N2O2.C15H25N/c1-15(2)11-10-13-17(19)12-8-6-5-7-9-14-18-16(3)4;1-16(2)14-12-10-8-6-5-7-9-11-13-15-18-17(3)4;1-12(2)10-15(5,6)11-19-14(18)17-9-7-8-16-13(3)4;1-12(2)6-5-7-14-8-10-15(11-9-14)16-13(3)4/h15-16,18H,5-14H2,1-4H3;16-18H,5-15H2,1-4H3;12-13,16H,7-11H2,1-6H3,(H,17,18);8-13,16H,5-7H2,1-4H3. The first-order valence-electron chi connectivity index (χ1n) is 30.4. The van der Waals surface area contributed by atoms with Gasteiger partial charge in [0, 0.05) is 49.2 Å². The van der Waals surface area contributed by atoms with Gasteiger partial charge in [0.1, 0.15) is 5.78 Å². The average molecular weight is 1020 g/mol. The second-order valence-electron chi connectivity index (χ2n) is 24.9. The van der Waals surface area contributed by atoms with E-state index in [1.54, 1.807) is 0 Å². The van der Waals surface area contributed by atoms with Crippen molar-refractivity contribution in [2.45, 2.75) is 303 Å². The molecule has 0 radical (unpaired) electrons. The molecule has 8 heteroatoms. The van der Waals surface area contributed by atoms with Crippen LogP contribution >= 0.6 is 0 Å². The molecule has 0 heterocycles. The van der Waals surface area contributed by atoms with Crippen LogP contribution in [0.25, 0.3) is 0 Å². The number of ether oxygens (including phenoxy) is 1. The van der Waals surface area contributed by atoms with E-state index in [1.165, 1.54) is 133 Å². The molecule has 0 saturated heterocycles. The predicted octanol–water partition coefficient (Wildman–Crippen LogP) is 17.9. The molecule has 8 nitrogen and oxygen atoms in total. The number of carbonyl (C=O) groups excluding carboxylic acids is 2. The Labute approximate surface area is 451 Å². The summed E-state index contributed by atoms with van der Waals surface area (Å²) in [6, 6.07) is 11.1. The highest BCUT2D eigenvalue weighted by atomic mass is 16.5. The molecular formula is C64H129N5O3. The van der Waals surface area contributed by atoms with Crippen LogP contribution in [0.4, 0.5) is 10.5 Å². The Balaban J connectivity index is -0.000000883. The fraction of sp³-hybridized carbons (Fsp3) is 0.875. The minimum atomic E-state index is -0.304. The van der Waals surface area contributed by atoms with Gasteiger partial charge in [-0.1, -0.05) is 213 Å². The van der Waals surface area contributed by atoms with Crippen LogP contribution in [0.3, 0.4) is 0 Å². The van der Waals surface area contributed by atoms with E-state index >= 15 is 0 Å². The summed E-state index contributed by atoms with van der Waals surface area (Å²) in [7, 11) is 0. The maximum absolute atomic E-state index is 11.6.